The number of primary sulfonamides is 1. The third-order valence-corrected chi connectivity index (χ3v) is 3.95. The Kier molecular flexibility index (Phi) is 2.92. The van der Waals surface area contributed by atoms with Crippen molar-refractivity contribution in [1.82, 2.24) is 0 Å². The Labute approximate surface area is 98.4 Å². The van der Waals surface area contributed by atoms with Gasteiger partial charge in [0, 0.05) is 0 Å². The summed E-state index contributed by atoms with van der Waals surface area (Å²) in [4.78, 5) is 0.148. The Morgan fingerprint density at radius 2 is 2.25 bits per heavy atom. The molecule has 0 bridgehead atoms. The molecular formula is C9H11N3O2S2. The van der Waals surface area contributed by atoms with Crippen molar-refractivity contribution in [2.24, 2.45) is 10.2 Å². The number of nitrogens with two attached hydrogens (primary N) is 1. The van der Waals surface area contributed by atoms with Crippen molar-refractivity contribution in [3.05, 3.63) is 23.8 Å². The van der Waals surface area contributed by atoms with Gasteiger partial charge >= 0.3 is 0 Å². The van der Waals surface area contributed by atoms with E-state index in [1.54, 1.807) is 35.7 Å². The summed E-state index contributed by atoms with van der Waals surface area (Å²) in [5.74, 6) is 0.603. The van der Waals surface area contributed by atoms with Gasteiger partial charge in [-0.25, -0.2) is 13.6 Å². The second kappa shape index (κ2) is 4.08. The summed E-state index contributed by atoms with van der Waals surface area (Å²) < 4.78 is 23.0. The molecule has 5 nitrogen and oxygen atoms in total. The number of hydrazone groups is 1. The van der Waals surface area contributed by atoms with Crippen molar-refractivity contribution in [1.29, 1.82) is 0 Å². The SMILES string of the molecule is Cc1cccc(N2CSC=N2)c1S(N)(=O)=O. The quantitative estimate of drug-likeness (QED) is 0.860. The number of thioether (sulfide) groups is 1. The highest BCUT2D eigenvalue weighted by Crippen LogP contribution is 2.30. The molecule has 1 aliphatic heterocycles. The van der Waals surface area contributed by atoms with Crippen LogP contribution in [-0.4, -0.2) is 19.8 Å². The highest BCUT2D eigenvalue weighted by Gasteiger charge is 2.21. The van der Waals surface area contributed by atoms with Crippen LogP contribution in [-0.2, 0) is 10.0 Å². The van der Waals surface area contributed by atoms with Crippen molar-refractivity contribution >= 4 is 33.0 Å². The third kappa shape index (κ3) is 2.06. The highest BCUT2D eigenvalue weighted by molar-refractivity contribution is 8.12. The van der Waals surface area contributed by atoms with Gasteiger partial charge < -0.3 is 0 Å². The normalized spacial score (nSPS) is 15.8. The third-order valence-electron chi connectivity index (χ3n) is 2.21. The second-order valence-electron chi connectivity index (χ2n) is 3.38. The fraction of sp³-hybridized carbons (Fsp3) is 0.222. The van der Waals surface area contributed by atoms with Crippen LogP contribution in [0.3, 0.4) is 0 Å². The molecule has 1 aliphatic rings. The predicted molar refractivity (Wildman–Crippen MR) is 66.0 cm³/mol. The molecule has 0 saturated carbocycles. The van der Waals surface area contributed by atoms with E-state index in [1.165, 1.54) is 11.8 Å². The lowest BCUT2D eigenvalue weighted by Gasteiger charge is -2.17. The van der Waals surface area contributed by atoms with Crippen LogP contribution >= 0.6 is 11.8 Å². The zero-order valence-corrected chi connectivity index (χ0v) is 10.3. The fourth-order valence-electron chi connectivity index (χ4n) is 1.57. The molecule has 0 radical (unpaired) electrons. The van der Waals surface area contributed by atoms with E-state index in [9.17, 15) is 8.42 Å². The summed E-state index contributed by atoms with van der Waals surface area (Å²) in [6, 6.07) is 5.21. The van der Waals surface area contributed by atoms with Gasteiger partial charge in [0.15, 0.2) is 0 Å². The van der Waals surface area contributed by atoms with Crippen molar-refractivity contribution in [2.75, 3.05) is 10.9 Å². The molecule has 0 saturated heterocycles. The second-order valence-corrected chi connectivity index (χ2v) is 5.68. The van der Waals surface area contributed by atoms with Crippen molar-refractivity contribution in [2.45, 2.75) is 11.8 Å². The number of sulfonamides is 1. The molecule has 2 rings (SSSR count). The van der Waals surface area contributed by atoms with Gasteiger partial charge in [-0.05, 0) is 18.6 Å². The molecule has 7 heteroatoms. The lowest BCUT2D eigenvalue weighted by atomic mass is 10.2. The summed E-state index contributed by atoms with van der Waals surface area (Å²) in [7, 11) is -3.73. The largest absolute Gasteiger partial charge is 0.253 e. The van der Waals surface area contributed by atoms with Crippen LogP contribution in [0.25, 0.3) is 0 Å². The molecule has 16 heavy (non-hydrogen) atoms. The summed E-state index contributed by atoms with van der Waals surface area (Å²) in [6.45, 7) is 1.72. The molecule has 1 heterocycles. The Balaban J connectivity index is 2.61. The molecule has 0 spiro atoms. The monoisotopic (exact) mass is 257 g/mol. The molecule has 0 fully saturated rings. The number of hydrogen-bond donors (Lipinski definition) is 1. The van der Waals surface area contributed by atoms with Gasteiger partial charge in [-0.2, -0.15) is 5.10 Å². The lowest BCUT2D eigenvalue weighted by Crippen LogP contribution is -2.20. The maximum atomic E-state index is 11.5. The van der Waals surface area contributed by atoms with Gasteiger partial charge in [0.25, 0.3) is 0 Å². The van der Waals surface area contributed by atoms with E-state index in [1.807, 2.05) is 0 Å². The van der Waals surface area contributed by atoms with Crippen LogP contribution in [0.2, 0.25) is 0 Å². The number of nitrogens with zero attached hydrogens (tertiary/aromatic N) is 2. The maximum absolute atomic E-state index is 11.5. The fourth-order valence-corrected chi connectivity index (χ4v) is 3.15. The van der Waals surface area contributed by atoms with Crippen LogP contribution in [0.4, 0.5) is 5.69 Å². The molecule has 0 amide bonds. The number of hydrogen-bond acceptors (Lipinski definition) is 5. The van der Waals surface area contributed by atoms with Gasteiger partial charge in [-0.15, -0.1) is 0 Å². The predicted octanol–water partition coefficient (Wildman–Crippen LogP) is 1.10. The molecule has 1 aromatic carbocycles. The first kappa shape index (κ1) is 11.4. The minimum absolute atomic E-state index is 0.148. The van der Waals surface area contributed by atoms with Gasteiger partial charge in [0.2, 0.25) is 10.0 Å². The standard InChI is InChI=1S/C9H11N3O2S2/c1-7-3-2-4-8(9(7)16(10,13)14)12-6-15-5-11-12/h2-5H,6H2,1H3,(H2,10,13,14). The molecule has 2 N–H and O–H groups in total. The molecule has 0 aromatic heterocycles. The first-order chi connectivity index (χ1) is 7.50. The van der Waals surface area contributed by atoms with Crippen LogP contribution in [0, 0.1) is 6.92 Å². The van der Waals surface area contributed by atoms with E-state index in [-0.39, 0.29) is 4.90 Å². The van der Waals surface area contributed by atoms with Crippen LogP contribution in [0.5, 0.6) is 0 Å². The first-order valence-electron chi connectivity index (χ1n) is 4.54. The van der Waals surface area contributed by atoms with E-state index < -0.39 is 10.0 Å². The van der Waals surface area contributed by atoms with E-state index >= 15 is 0 Å². The highest BCUT2D eigenvalue weighted by atomic mass is 32.2. The number of aryl methyl sites for hydroxylation is 1. The van der Waals surface area contributed by atoms with Crippen LogP contribution in [0.1, 0.15) is 5.56 Å². The number of rotatable bonds is 2. The van der Waals surface area contributed by atoms with E-state index in [0.717, 1.165) is 0 Å². The average molecular weight is 257 g/mol. The molecule has 0 unspecified atom stereocenters. The molecule has 0 aliphatic carbocycles. The average Bonchev–Trinajstić information content (AvgIpc) is 2.67. The lowest BCUT2D eigenvalue weighted by molar-refractivity contribution is 0.597. The van der Waals surface area contributed by atoms with Gasteiger partial charge in [0.05, 0.1) is 17.1 Å². The van der Waals surface area contributed by atoms with Crippen LogP contribution < -0.4 is 10.1 Å². The van der Waals surface area contributed by atoms with Crippen molar-refractivity contribution in [3.63, 3.8) is 0 Å². The van der Waals surface area contributed by atoms with Crippen LogP contribution in [0.15, 0.2) is 28.2 Å². The molecule has 1 aromatic rings. The Morgan fingerprint density at radius 3 is 2.81 bits per heavy atom. The summed E-state index contributed by atoms with van der Waals surface area (Å²) in [5.41, 5.74) is 2.84. The number of anilines is 1. The Hall–Kier alpha value is -1.05. The number of benzene rings is 1. The maximum Gasteiger partial charge on any atom is 0.240 e. The van der Waals surface area contributed by atoms with Gasteiger partial charge in [-0.1, -0.05) is 23.9 Å². The zero-order chi connectivity index (χ0) is 11.8. The topological polar surface area (TPSA) is 75.8 Å². The van der Waals surface area contributed by atoms with Crippen molar-refractivity contribution in [3.8, 4) is 0 Å². The van der Waals surface area contributed by atoms with Gasteiger partial charge in [0.1, 0.15) is 4.90 Å². The van der Waals surface area contributed by atoms with E-state index in [2.05, 4.69) is 5.10 Å². The van der Waals surface area contributed by atoms with E-state index in [4.69, 9.17) is 5.14 Å². The summed E-state index contributed by atoms with van der Waals surface area (Å²) >= 11 is 1.50. The van der Waals surface area contributed by atoms with Crippen molar-refractivity contribution < 1.29 is 8.42 Å². The smallest absolute Gasteiger partial charge is 0.240 e. The summed E-state index contributed by atoms with van der Waals surface area (Å²) in [6.07, 6.45) is 0. The molecule has 0 atom stereocenters. The first-order valence-corrected chi connectivity index (χ1v) is 7.13. The molecule has 86 valence electrons. The Morgan fingerprint density at radius 1 is 1.50 bits per heavy atom. The minimum atomic E-state index is -3.73. The summed E-state index contributed by atoms with van der Waals surface area (Å²) in [5, 5.41) is 10.9. The molecular weight excluding hydrogens is 246 g/mol. The Bertz CT molecular complexity index is 540. The minimum Gasteiger partial charge on any atom is -0.253 e. The van der Waals surface area contributed by atoms with E-state index in [0.29, 0.717) is 17.1 Å². The van der Waals surface area contributed by atoms with Gasteiger partial charge in [-0.3, -0.25) is 5.01 Å². The zero-order valence-electron chi connectivity index (χ0n) is 8.62.